The Morgan fingerprint density at radius 3 is 1.60 bits per heavy atom. The van der Waals surface area contributed by atoms with Gasteiger partial charge >= 0.3 is 0 Å². The number of rotatable bonds is 7. The number of hydrogen-bond donors (Lipinski definition) is 2. The Hall–Kier alpha value is -2.27. The van der Waals surface area contributed by atoms with Gasteiger partial charge in [-0.15, -0.1) is 11.8 Å². The summed E-state index contributed by atoms with van der Waals surface area (Å²) >= 11 is 1.75. The van der Waals surface area contributed by atoms with Gasteiger partial charge in [-0.3, -0.25) is 9.59 Å². The number of benzene rings is 2. The minimum atomic E-state index is 0.123. The van der Waals surface area contributed by atoms with Crippen LogP contribution < -0.4 is 10.6 Å². The lowest BCUT2D eigenvalue weighted by atomic mass is 10.1. The molecule has 5 heteroatoms. The lowest BCUT2D eigenvalue weighted by Crippen LogP contribution is -2.16. The van der Waals surface area contributed by atoms with Gasteiger partial charge in [-0.1, -0.05) is 39.8 Å². The summed E-state index contributed by atoms with van der Waals surface area (Å²) < 4.78 is 0. The molecule has 2 atom stereocenters. The molecule has 4 nitrogen and oxygen atoms in total. The zero-order valence-corrected chi connectivity index (χ0v) is 18.9. The second kappa shape index (κ2) is 7.77. The Morgan fingerprint density at radius 1 is 0.800 bits per heavy atom. The average molecular weight is 423 g/mol. The van der Waals surface area contributed by atoms with Gasteiger partial charge in [0.1, 0.15) is 0 Å². The molecule has 0 spiro atoms. The van der Waals surface area contributed by atoms with Crippen LogP contribution in [0.15, 0.2) is 53.4 Å². The van der Waals surface area contributed by atoms with E-state index in [9.17, 15) is 9.59 Å². The summed E-state index contributed by atoms with van der Waals surface area (Å²) in [5.74, 6) is 1.37. The van der Waals surface area contributed by atoms with Gasteiger partial charge in [0.05, 0.1) is 0 Å². The number of nitrogens with one attached hydrogen (secondary N) is 2. The summed E-state index contributed by atoms with van der Waals surface area (Å²) in [7, 11) is 0. The molecule has 2 unspecified atom stereocenters. The van der Waals surface area contributed by atoms with Gasteiger partial charge in [-0.05, 0) is 65.6 Å². The van der Waals surface area contributed by atoms with Gasteiger partial charge in [0.15, 0.2) is 0 Å². The van der Waals surface area contributed by atoms with E-state index in [-0.39, 0.29) is 34.5 Å². The molecule has 4 rings (SSSR count). The maximum absolute atomic E-state index is 12.2. The fourth-order valence-corrected chi connectivity index (χ4v) is 4.63. The van der Waals surface area contributed by atoms with Crippen molar-refractivity contribution >= 4 is 35.0 Å². The van der Waals surface area contributed by atoms with Gasteiger partial charge in [-0.2, -0.15) is 0 Å². The molecule has 2 aromatic rings. The van der Waals surface area contributed by atoms with Crippen LogP contribution >= 0.6 is 11.8 Å². The van der Waals surface area contributed by atoms with E-state index in [0.717, 1.165) is 34.9 Å². The maximum Gasteiger partial charge on any atom is 0.228 e. The molecule has 0 aliphatic heterocycles. The van der Waals surface area contributed by atoms with E-state index < -0.39 is 0 Å². The number of carbonyl (C=O) groups excluding carboxylic acids is 2. The minimum absolute atomic E-state index is 0.123. The van der Waals surface area contributed by atoms with Gasteiger partial charge in [0.25, 0.3) is 0 Å². The molecule has 2 aliphatic carbocycles. The zero-order chi connectivity index (χ0) is 21.5. The number of hydrogen-bond acceptors (Lipinski definition) is 3. The lowest BCUT2D eigenvalue weighted by molar-refractivity contribution is -0.118. The second-order valence-corrected chi connectivity index (χ2v) is 11.0. The highest BCUT2D eigenvalue weighted by molar-refractivity contribution is 7.98. The van der Waals surface area contributed by atoms with Crippen LogP contribution in [0.4, 0.5) is 11.4 Å². The molecule has 30 heavy (non-hydrogen) atoms. The van der Waals surface area contributed by atoms with Crippen LogP contribution in [0.3, 0.4) is 0 Å². The number of thioether (sulfide) groups is 1. The molecule has 0 saturated heterocycles. The van der Waals surface area contributed by atoms with Crippen LogP contribution in [0.1, 0.15) is 46.1 Å². The summed E-state index contributed by atoms with van der Waals surface area (Å²) in [5, 5.41) is 6.04. The van der Waals surface area contributed by atoms with E-state index in [1.165, 1.54) is 5.56 Å². The molecule has 2 saturated carbocycles. The summed E-state index contributed by atoms with van der Waals surface area (Å²) in [5.41, 5.74) is 3.21. The Morgan fingerprint density at radius 2 is 1.20 bits per heavy atom. The van der Waals surface area contributed by atoms with Crippen LogP contribution in [0.2, 0.25) is 0 Å². The van der Waals surface area contributed by atoms with Crippen molar-refractivity contribution in [2.24, 2.45) is 22.7 Å². The van der Waals surface area contributed by atoms with Crippen molar-refractivity contribution in [2.75, 3.05) is 10.6 Å². The van der Waals surface area contributed by atoms with Crippen molar-refractivity contribution in [2.45, 2.75) is 51.2 Å². The summed E-state index contributed by atoms with van der Waals surface area (Å²) in [6.07, 6.45) is 1.93. The molecule has 2 amide bonds. The largest absolute Gasteiger partial charge is 0.326 e. The van der Waals surface area contributed by atoms with E-state index in [4.69, 9.17) is 0 Å². The van der Waals surface area contributed by atoms with E-state index in [2.05, 4.69) is 50.5 Å². The Bertz CT molecular complexity index is 869. The van der Waals surface area contributed by atoms with Gasteiger partial charge in [-0.25, -0.2) is 0 Å². The topological polar surface area (TPSA) is 58.2 Å². The first-order chi connectivity index (χ1) is 14.1. The maximum atomic E-state index is 12.2. The molecule has 0 aromatic heterocycles. The van der Waals surface area contributed by atoms with Crippen LogP contribution in [0.25, 0.3) is 0 Å². The molecular weight excluding hydrogens is 392 g/mol. The number of anilines is 2. The van der Waals surface area contributed by atoms with Gasteiger partial charge in [0, 0.05) is 33.9 Å². The molecule has 0 radical (unpaired) electrons. The standard InChI is InChI=1S/C25H30N2O2S/c1-24(2)13-20(24)22(28)26-17-7-5-16(6-8-17)15-30-19-11-9-18(10-12-19)27-23(29)21-14-25(21,3)4/h5-12,20-21H,13-15H2,1-4H3,(H,26,28)(H,27,29). The monoisotopic (exact) mass is 422 g/mol. The van der Waals surface area contributed by atoms with Crippen LogP contribution in [0.5, 0.6) is 0 Å². The summed E-state index contributed by atoms with van der Waals surface area (Å²) in [4.78, 5) is 25.6. The van der Waals surface area contributed by atoms with E-state index in [1.54, 1.807) is 11.8 Å². The molecule has 0 bridgehead atoms. The van der Waals surface area contributed by atoms with Gasteiger partial charge < -0.3 is 10.6 Å². The van der Waals surface area contributed by atoms with Crippen molar-refractivity contribution in [1.82, 2.24) is 0 Å². The van der Waals surface area contributed by atoms with E-state index in [0.29, 0.717) is 0 Å². The molecule has 158 valence electrons. The normalized spacial score (nSPS) is 22.8. The van der Waals surface area contributed by atoms with Crippen molar-refractivity contribution < 1.29 is 9.59 Å². The zero-order valence-electron chi connectivity index (χ0n) is 18.1. The highest BCUT2D eigenvalue weighted by atomic mass is 32.2. The SMILES string of the molecule is CC1(C)CC1C(=O)Nc1ccc(CSc2ccc(NC(=O)C3CC3(C)C)cc2)cc1. The average Bonchev–Trinajstić information content (AvgIpc) is 3.55. The predicted octanol–water partition coefficient (Wildman–Crippen LogP) is 5.95. The van der Waals surface area contributed by atoms with E-state index in [1.807, 2.05) is 36.4 Å². The fourth-order valence-electron chi connectivity index (χ4n) is 3.77. The molecular formula is C25H30N2O2S. The Kier molecular flexibility index (Phi) is 5.43. The first kappa shape index (κ1) is 21.0. The van der Waals surface area contributed by atoms with Crippen molar-refractivity contribution in [3.63, 3.8) is 0 Å². The first-order valence-electron chi connectivity index (χ1n) is 10.6. The number of amides is 2. The highest BCUT2D eigenvalue weighted by Crippen LogP contribution is 2.52. The van der Waals surface area contributed by atoms with Gasteiger partial charge in [0.2, 0.25) is 11.8 Å². The van der Waals surface area contributed by atoms with Crippen LogP contribution in [-0.2, 0) is 15.3 Å². The molecule has 2 aromatic carbocycles. The van der Waals surface area contributed by atoms with Crippen LogP contribution in [0, 0.1) is 22.7 Å². The van der Waals surface area contributed by atoms with E-state index >= 15 is 0 Å². The highest BCUT2D eigenvalue weighted by Gasteiger charge is 2.51. The van der Waals surface area contributed by atoms with Crippen LogP contribution in [-0.4, -0.2) is 11.8 Å². The lowest BCUT2D eigenvalue weighted by Gasteiger charge is -2.09. The Balaban J connectivity index is 1.24. The third kappa shape index (κ3) is 4.89. The molecule has 2 aliphatic rings. The van der Waals surface area contributed by atoms with Crippen molar-refractivity contribution in [3.05, 3.63) is 54.1 Å². The smallest absolute Gasteiger partial charge is 0.228 e. The first-order valence-corrected chi connectivity index (χ1v) is 11.6. The molecule has 2 fully saturated rings. The molecule has 2 N–H and O–H groups in total. The third-order valence-corrected chi connectivity index (χ3v) is 7.49. The predicted molar refractivity (Wildman–Crippen MR) is 123 cm³/mol. The minimum Gasteiger partial charge on any atom is -0.326 e. The third-order valence-electron chi connectivity index (χ3n) is 6.41. The van der Waals surface area contributed by atoms with Crippen molar-refractivity contribution in [3.8, 4) is 0 Å². The fraction of sp³-hybridized carbons (Fsp3) is 0.440. The summed E-state index contributed by atoms with van der Waals surface area (Å²) in [6.45, 7) is 8.52. The quantitative estimate of drug-likeness (QED) is 0.542. The Labute approximate surface area is 183 Å². The second-order valence-electron chi connectivity index (χ2n) is 9.98. The van der Waals surface area contributed by atoms with Crippen molar-refractivity contribution in [1.29, 1.82) is 0 Å². The molecule has 0 heterocycles. The summed E-state index contributed by atoms with van der Waals surface area (Å²) in [6, 6.07) is 16.1. The number of carbonyl (C=O) groups is 2.